The van der Waals surface area contributed by atoms with Gasteiger partial charge in [-0.05, 0) is 44.2 Å². The van der Waals surface area contributed by atoms with Gasteiger partial charge in [0, 0.05) is 12.5 Å². The van der Waals surface area contributed by atoms with Gasteiger partial charge in [-0.25, -0.2) is 0 Å². The number of benzene rings is 1. The van der Waals surface area contributed by atoms with Gasteiger partial charge in [0.15, 0.2) is 0 Å². The molecular formula is C18H28N2O. The molecule has 1 aliphatic rings. The number of rotatable bonds is 6. The lowest BCUT2D eigenvalue weighted by Crippen LogP contribution is -2.41. The molecule has 116 valence electrons. The molecule has 0 spiro atoms. The second-order valence-corrected chi connectivity index (χ2v) is 5.99. The normalized spacial score (nSPS) is 23.0. The molecule has 3 atom stereocenters. The summed E-state index contributed by atoms with van der Waals surface area (Å²) in [4.78, 5) is 15.1. The molecule has 1 saturated carbocycles. The molecule has 1 amide bonds. The van der Waals surface area contributed by atoms with E-state index in [1.54, 1.807) is 0 Å². The first kappa shape index (κ1) is 16.0. The summed E-state index contributed by atoms with van der Waals surface area (Å²) in [5.74, 6) is 0.814. The molecule has 21 heavy (non-hydrogen) atoms. The highest BCUT2D eigenvalue weighted by Gasteiger charge is 2.36. The SMILES string of the molecule is CCC(c1ccccc1)N(CC)C(=O)[C@@H]1CCC[C@@H]1CN. The van der Waals surface area contributed by atoms with E-state index in [1.165, 1.54) is 5.56 Å². The highest BCUT2D eigenvalue weighted by Crippen LogP contribution is 2.35. The minimum atomic E-state index is 0.132. The van der Waals surface area contributed by atoms with Gasteiger partial charge in [0.1, 0.15) is 0 Å². The Balaban J connectivity index is 2.19. The van der Waals surface area contributed by atoms with Crippen LogP contribution in [-0.4, -0.2) is 23.9 Å². The second-order valence-electron chi connectivity index (χ2n) is 5.99. The van der Waals surface area contributed by atoms with Gasteiger partial charge in [-0.15, -0.1) is 0 Å². The van der Waals surface area contributed by atoms with Crippen molar-refractivity contribution in [3.63, 3.8) is 0 Å². The molecule has 2 N–H and O–H groups in total. The maximum atomic E-state index is 13.0. The highest BCUT2D eigenvalue weighted by atomic mass is 16.2. The molecule has 1 aliphatic carbocycles. The van der Waals surface area contributed by atoms with E-state index in [9.17, 15) is 4.79 Å². The average molecular weight is 288 g/mol. The van der Waals surface area contributed by atoms with Crippen LogP contribution in [0.2, 0.25) is 0 Å². The van der Waals surface area contributed by atoms with E-state index >= 15 is 0 Å². The van der Waals surface area contributed by atoms with Crippen LogP contribution in [0.4, 0.5) is 0 Å². The maximum Gasteiger partial charge on any atom is 0.226 e. The molecule has 0 heterocycles. The maximum absolute atomic E-state index is 13.0. The molecule has 1 unspecified atom stereocenters. The van der Waals surface area contributed by atoms with Gasteiger partial charge in [0.05, 0.1) is 6.04 Å². The monoisotopic (exact) mass is 288 g/mol. The molecule has 1 aromatic rings. The number of hydrogen-bond donors (Lipinski definition) is 1. The molecule has 0 aliphatic heterocycles. The third kappa shape index (κ3) is 3.46. The van der Waals surface area contributed by atoms with E-state index in [0.717, 1.165) is 32.2 Å². The van der Waals surface area contributed by atoms with Gasteiger partial charge in [0.2, 0.25) is 5.91 Å². The Kier molecular flexibility index (Phi) is 5.80. The van der Waals surface area contributed by atoms with Crippen molar-refractivity contribution in [2.24, 2.45) is 17.6 Å². The van der Waals surface area contributed by atoms with Crippen LogP contribution >= 0.6 is 0 Å². The molecule has 0 aromatic heterocycles. The van der Waals surface area contributed by atoms with Crippen molar-refractivity contribution in [3.8, 4) is 0 Å². The Labute approximate surface area is 128 Å². The van der Waals surface area contributed by atoms with Crippen LogP contribution in [0.25, 0.3) is 0 Å². The van der Waals surface area contributed by atoms with Crippen LogP contribution < -0.4 is 5.73 Å². The average Bonchev–Trinajstić information content (AvgIpc) is 3.01. The van der Waals surface area contributed by atoms with E-state index in [2.05, 4.69) is 43.0 Å². The van der Waals surface area contributed by atoms with E-state index in [4.69, 9.17) is 5.73 Å². The molecule has 3 nitrogen and oxygen atoms in total. The standard InChI is InChI=1S/C18H28N2O/c1-3-17(14-9-6-5-7-10-14)20(4-2)18(21)16-12-8-11-15(16)13-19/h5-7,9-10,15-17H,3-4,8,11-13,19H2,1-2H3/t15-,16-,17?/m1/s1. The van der Waals surface area contributed by atoms with Crippen molar-refractivity contribution in [3.05, 3.63) is 35.9 Å². The number of carbonyl (C=O) groups is 1. The Morgan fingerprint density at radius 3 is 2.57 bits per heavy atom. The van der Waals surface area contributed by atoms with Crippen LogP contribution in [0, 0.1) is 11.8 Å². The van der Waals surface area contributed by atoms with E-state index in [1.807, 2.05) is 6.07 Å². The second kappa shape index (κ2) is 7.60. The van der Waals surface area contributed by atoms with Crippen LogP contribution in [-0.2, 0) is 4.79 Å². The summed E-state index contributed by atoms with van der Waals surface area (Å²) >= 11 is 0. The Bertz CT molecular complexity index is 446. The number of amides is 1. The van der Waals surface area contributed by atoms with Gasteiger partial charge >= 0.3 is 0 Å². The first-order chi connectivity index (χ1) is 10.2. The summed E-state index contributed by atoms with van der Waals surface area (Å²) < 4.78 is 0. The van der Waals surface area contributed by atoms with Crippen molar-refractivity contribution < 1.29 is 4.79 Å². The lowest BCUT2D eigenvalue weighted by Gasteiger charge is -2.34. The van der Waals surface area contributed by atoms with Gasteiger partial charge in [-0.2, -0.15) is 0 Å². The molecule has 0 bridgehead atoms. The van der Waals surface area contributed by atoms with Crippen molar-refractivity contribution in [2.45, 2.75) is 45.6 Å². The van der Waals surface area contributed by atoms with Crippen molar-refractivity contribution in [1.82, 2.24) is 4.90 Å². The van der Waals surface area contributed by atoms with Crippen LogP contribution in [0.3, 0.4) is 0 Å². The van der Waals surface area contributed by atoms with Crippen molar-refractivity contribution in [1.29, 1.82) is 0 Å². The smallest absolute Gasteiger partial charge is 0.226 e. The summed E-state index contributed by atoms with van der Waals surface area (Å²) in [6.07, 6.45) is 4.19. The fourth-order valence-corrected chi connectivity index (χ4v) is 3.70. The minimum absolute atomic E-state index is 0.132. The van der Waals surface area contributed by atoms with Gasteiger partial charge < -0.3 is 10.6 Å². The predicted molar refractivity (Wildman–Crippen MR) is 86.7 cm³/mol. The quantitative estimate of drug-likeness (QED) is 0.872. The summed E-state index contributed by atoms with van der Waals surface area (Å²) in [6.45, 7) is 5.63. The largest absolute Gasteiger partial charge is 0.336 e. The summed E-state index contributed by atoms with van der Waals surface area (Å²) in [5, 5.41) is 0. The van der Waals surface area contributed by atoms with Gasteiger partial charge in [-0.3, -0.25) is 4.79 Å². The Morgan fingerprint density at radius 1 is 1.29 bits per heavy atom. The van der Waals surface area contributed by atoms with E-state index in [0.29, 0.717) is 18.4 Å². The topological polar surface area (TPSA) is 46.3 Å². The van der Waals surface area contributed by atoms with Crippen LogP contribution in [0.15, 0.2) is 30.3 Å². The van der Waals surface area contributed by atoms with E-state index in [-0.39, 0.29) is 12.0 Å². The molecule has 0 radical (unpaired) electrons. The highest BCUT2D eigenvalue weighted by molar-refractivity contribution is 5.80. The first-order valence-electron chi connectivity index (χ1n) is 8.28. The third-order valence-electron chi connectivity index (χ3n) is 4.85. The molecule has 1 fully saturated rings. The lowest BCUT2D eigenvalue weighted by molar-refractivity contribution is -0.139. The lowest BCUT2D eigenvalue weighted by atomic mass is 9.93. The summed E-state index contributed by atoms with van der Waals surface area (Å²) in [6, 6.07) is 10.6. The Hall–Kier alpha value is -1.35. The molecule has 2 rings (SSSR count). The number of hydrogen-bond acceptors (Lipinski definition) is 2. The zero-order valence-electron chi connectivity index (χ0n) is 13.3. The van der Waals surface area contributed by atoms with Crippen molar-refractivity contribution >= 4 is 5.91 Å². The third-order valence-corrected chi connectivity index (χ3v) is 4.85. The van der Waals surface area contributed by atoms with Crippen LogP contribution in [0.1, 0.15) is 51.1 Å². The van der Waals surface area contributed by atoms with Gasteiger partial charge in [0.25, 0.3) is 0 Å². The molecular weight excluding hydrogens is 260 g/mol. The van der Waals surface area contributed by atoms with Crippen molar-refractivity contribution in [2.75, 3.05) is 13.1 Å². The summed E-state index contributed by atoms with van der Waals surface area (Å²) in [5.41, 5.74) is 7.09. The zero-order valence-corrected chi connectivity index (χ0v) is 13.3. The Morgan fingerprint density at radius 2 is 2.00 bits per heavy atom. The summed E-state index contributed by atoms with van der Waals surface area (Å²) in [7, 11) is 0. The first-order valence-corrected chi connectivity index (χ1v) is 8.28. The predicted octanol–water partition coefficient (Wildman–Crippen LogP) is 3.36. The number of carbonyl (C=O) groups excluding carboxylic acids is 1. The fraction of sp³-hybridized carbons (Fsp3) is 0.611. The minimum Gasteiger partial charge on any atom is -0.336 e. The van der Waals surface area contributed by atoms with Crippen LogP contribution in [0.5, 0.6) is 0 Å². The molecule has 3 heteroatoms. The van der Waals surface area contributed by atoms with Gasteiger partial charge in [-0.1, -0.05) is 43.7 Å². The fourth-order valence-electron chi connectivity index (χ4n) is 3.70. The number of nitrogens with two attached hydrogens (primary N) is 1. The molecule has 1 aromatic carbocycles. The zero-order chi connectivity index (χ0) is 15.2. The molecule has 0 saturated heterocycles. The number of nitrogens with zero attached hydrogens (tertiary/aromatic N) is 1. The van der Waals surface area contributed by atoms with E-state index < -0.39 is 0 Å².